The van der Waals surface area contributed by atoms with Gasteiger partial charge in [-0.15, -0.1) is 0 Å². The molecule has 0 saturated carbocycles. The molecular formula is C19H17BF3KN2O. The molecule has 0 aliphatic rings. The van der Waals surface area contributed by atoms with E-state index >= 15 is 0 Å². The smallest absolute Gasteiger partial charge is 1.00 e. The predicted molar refractivity (Wildman–Crippen MR) is 96.3 cm³/mol. The SMILES string of the molecule is NCC(C(=O)Cc1ccc2cnccc2c1)c1cccc(B(F)F)c1.[F-].[K+]. The number of carbonyl (C=O) groups excluding carboxylic acids is 1. The Bertz CT molecular complexity index is 911. The molecule has 3 nitrogen and oxygen atoms in total. The Hall–Kier alpha value is -1.03. The number of ketones is 1. The molecule has 1 unspecified atom stereocenters. The van der Waals surface area contributed by atoms with Gasteiger partial charge >= 0.3 is 58.7 Å². The molecule has 2 aromatic carbocycles. The molecule has 0 spiro atoms. The average molecular weight is 396 g/mol. The van der Waals surface area contributed by atoms with Crippen LogP contribution in [0.4, 0.5) is 8.63 Å². The first-order valence-electron chi connectivity index (χ1n) is 8.02. The summed E-state index contributed by atoms with van der Waals surface area (Å²) in [4.78, 5) is 16.7. The number of pyridine rings is 1. The normalized spacial score (nSPS) is 11.2. The van der Waals surface area contributed by atoms with Crippen LogP contribution in [-0.2, 0) is 11.2 Å². The Morgan fingerprint density at radius 2 is 1.89 bits per heavy atom. The molecule has 0 amide bonds. The zero-order valence-corrected chi connectivity index (χ0v) is 18.0. The molecule has 1 heterocycles. The maximum Gasteiger partial charge on any atom is 1.00 e. The van der Waals surface area contributed by atoms with Crippen molar-refractivity contribution in [1.29, 1.82) is 0 Å². The van der Waals surface area contributed by atoms with E-state index in [1.54, 1.807) is 18.5 Å². The Kier molecular flexibility index (Phi) is 9.86. The van der Waals surface area contributed by atoms with Crippen molar-refractivity contribution >= 4 is 29.3 Å². The van der Waals surface area contributed by atoms with Gasteiger partial charge in [-0.25, -0.2) is 0 Å². The number of aromatic nitrogens is 1. The second-order valence-electron chi connectivity index (χ2n) is 5.96. The van der Waals surface area contributed by atoms with Crippen molar-refractivity contribution in [3.63, 3.8) is 0 Å². The van der Waals surface area contributed by atoms with Gasteiger partial charge in [0.05, 0.1) is 5.92 Å². The van der Waals surface area contributed by atoms with Crippen LogP contribution in [-0.4, -0.2) is 24.6 Å². The molecule has 3 rings (SSSR count). The van der Waals surface area contributed by atoms with Gasteiger partial charge in [0.15, 0.2) is 0 Å². The van der Waals surface area contributed by atoms with Crippen molar-refractivity contribution in [2.45, 2.75) is 12.3 Å². The fourth-order valence-corrected chi connectivity index (χ4v) is 2.93. The van der Waals surface area contributed by atoms with Gasteiger partial charge in [-0.05, 0) is 28.0 Å². The van der Waals surface area contributed by atoms with Crippen LogP contribution in [0.1, 0.15) is 17.0 Å². The first-order valence-corrected chi connectivity index (χ1v) is 8.02. The third-order valence-electron chi connectivity index (χ3n) is 4.27. The maximum absolute atomic E-state index is 12.9. The molecule has 0 radical (unpaired) electrons. The van der Waals surface area contributed by atoms with E-state index in [9.17, 15) is 13.4 Å². The first kappa shape index (κ1) is 24.0. The third-order valence-corrected chi connectivity index (χ3v) is 4.27. The van der Waals surface area contributed by atoms with Gasteiger partial charge in [-0.3, -0.25) is 18.4 Å². The van der Waals surface area contributed by atoms with Gasteiger partial charge in [0.2, 0.25) is 0 Å². The van der Waals surface area contributed by atoms with Gasteiger partial charge in [-0.2, -0.15) is 0 Å². The summed E-state index contributed by atoms with van der Waals surface area (Å²) in [5.41, 5.74) is 7.07. The van der Waals surface area contributed by atoms with E-state index < -0.39 is 13.2 Å². The van der Waals surface area contributed by atoms with Crippen LogP contribution in [0.3, 0.4) is 0 Å². The van der Waals surface area contributed by atoms with Gasteiger partial charge in [0.25, 0.3) is 0 Å². The topological polar surface area (TPSA) is 56.0 Å². The molecule has 0 bridgehead atoms. The predicted octanol–water partition coefficient (Wildman–Crippen LogP) is -3.27. The van der Waals surface area contributed by atoms with E-state index in [0.29, 0.717) is 5.56 Å². The van der Waals surface area contributed by atoms with Crippen molar-refractivity contribution in [2.75, 3.05) is 6.54 Å². The summed E-state index contributed by atoms with van der Waals surface area (Å²) in [5.74, 6) is -0.672. The summed E-state index contributed by atoms with van der Waals surface area (Å²) in [6.07, 6.45) is 3.67. The molecule has 0 saturated heterocycles. The molecule has 0 aliphatic carbocycles. The largest absolute Gasteiger partial charge is 1.00 e. The fraction of sp³-hybridized carbons (Fsp3) is 0.158. The van der Waals surface area contributed by atoms with Crippen molar-refractivity contribution < 1.29 is 69.5 Å². The van der Waals surface area contributed by atoms with Crippen LogP contribution in [0.25, 0.3) is 10.8 Å². The summed E-state index contributed by atoms with van der Waals surface area (Å²) in [6, 6.07) is 13.6. The molecule has 1 atom stereocenters. The van der Waals surface area contributed by atoms with Crippen LogP contribution in [0.15, 0.2) is 60.9 Å². The molecule has 2 N–H and O–H groups in total. The van der Waals surface area contributed by atoms with E-state index in [4.69, 9.17) is 5.73 Å². The molecular weight excluding hydrogens is 379 g/mol. The molecule has 27 heavy (non-hydrogen) atoms. The number of benzene rings is 2. The summed E-state index contributed by atoms with van der Waals surface area (Å²) in [6.45, 7) is 0.0863. The van der Waals surface area contributed by atoms with Gasteiger partial charge in [0.1, 0.15) is 5.78 Å². The minimum absolute atomic E-state index is 0. The van der Waals surface area contributed by atoms with Crippen LogP contribution < -0.4 is 67.3 Å². The minimum atomic E-state index is -2.57. The van der Waals surface area contributed by atoms with Crippen LogP contribution in [0.2, 0.25) is 0 Å². The Balaban J connectivity index is 0.00000182. The molecule has 134 valence electrons. The molecule has 0 aliphatic heterocycles. The van der Waals surface area contributed by atoms with E-state index in [2.05, 4.69) is 4.98 Å². The summed E-state index contributed by atoms with van der Waals surface area (Å²) in [7, 11) is -2.57. The summed E-state index contributed by atoms with van der Waals surface area (Å²) >= 11 is 0. The number of rotatable bonds is 6. The van der Waals surface area contributed by atoms with Crippen molar-refractivity contribution in [2.24, 2.45) is 5.73 Å². The van der Waals surface area contributed by atoms with Crippen LogP contribution in [0.5, 0.6) is 0 Å². The second kappa shape index (κ2) is 11.1. The van der Waals surface area contributed by atoms with Gasteiger partial charge in [0, 0.05) is 30.7 Å². The summed E-state index contributed by atoms with van der Waals surface area (Å²) < 4.78 is 25.8. The van der Waals surface area contributed by atoms with Gasteiger partial charge in [-0.1, -0.05) is 42.5 Å². The number of halogens is 3. The number of nitrogens with two attached hydrogens (primary N) is 1. The number of carbonyl (C=O) groups is 1. The number of hydrogen-bond acceptors (Lipinski definition) is 3. The van der Waals surface area contributed by atoms with Crippen LogP contribution in [0, 0.1) is 0 Å². The molecule has 0 fully saturated rings. The number of hydrogen-bond donors (Lipinski definition) is 1. The zero-order chi connectivity index (χ0) is 17.8. The van der Waals surface area contributed by atoms with Crippen molar-refractivity contribution in [3.8, 4) is 0 Å². The maximum atomic E-state index is 12.9. The average Bonchev–Trinajstić information content (AvgIpc) is 2.62. The Morgan fingerprint density at radius 1 is 1.11 bits per heavy atom. The number of Topliss-reactive ketones (excluding diaryl/α,β-unsaturated/α-hetero) is 1. The zero-order valence-electron chi connectivity index (χ0n) is 14.9. The quantitative estimate of drug-likeness (QED) is 0.445. The monoisotopic (exact) mass is 396 g/mol. The minimum Gasteiger partial charge on any atom is -1.00 e. The van der Waals surface area contributed by atoms with Crippen molar-refractivity contribution in [1.82, 2.24) is 4.98 Å². The standard InChI is InChI=1S/C19H17BF2N2O.FH.K/c21-20(22)17-3-1-2-15(10-17)18(11-23)19(25)9-13-4-5-16-12-24-7-6-14(16)8-13;;/h1-8,10,12,18H,9,11,23H2;1H;/q;;+1/p-1. The second-order valence-corrected chi connectivity index (χ2v) is 5.96. The number of nitrogens with zero attached hydrogens (tertiary/aromatic N) is 1. The molecule has 3 aromatic rings. The van der Waals surface area contributed by atoms with E-state index in [1.807, 2.05) is 24.3 Å². The first-order chi connectivity index (χ1) is 12.1. The van der Waals surface area contributed by atoms with E-state index in [1.165, 1.54) is 18.2 Å². The fourth-order valence-electron chi connectivity index (χ4n) is 2.93. The van der Waals surface area contributed by atoms with Crippen LogP contribution >= 0.6 is 0 Å². The Morgan fingerprint density at radius 3 is 2.59 bits per heavy atom. The van der Waals surface area contributed by atoms with E-state index in [-0.39, 0.29) is 80.3 Å². The third kappa shape index (κ3) is 5.97. The number of fused-ring (bicyclic) bond motifs is 1. The Labute approximate surface area is 198 Å². The van der Waals surface area contributed by atoms with E-state index in [0.717, 1.165) is 16.3 Å². The molecule has 1 aromatic heterocycles. The summed E-state index contributed by atoms with van der Waals surface area (Å²) in [5, 5.41) is 2.00. The van der Waals surface area contributed by atoms with Gasteiger partial charge < -0.3 is 10.4 Å². The van der Waals surface area contributed by atoms with Crippen molar-refractivity contribution in [3.05, 3.63) is 72.1 Å². The molecule has 8 heteroatoms.